The minimum atomic E-state index is -1.02. The zero-order valence-electron chi connectivity index (χ0n) is 12.9. The topological polar surface area (TPSA) is 47.6 Å². The molecule has 0 aromatic heterocycles. The Morgan fingerprint density at radius 2 is 1.91 bits per heavy atom. The Bertz CT molecular complexity index is 704. The van der Waals surface area contributed by atoms with Crippen LogP contribution in [0.5, 0.6) is 5.75 Å². The number of hydrogen-bond donors (Lipinski definition) is 1. The molecule has 6 heteroatoms. The van der Waals surface area contributed by atoms with Crippen molar-refractivity contribution < 1.29 is 23.0 Å². The second-order valence-electron chi connectivity index (χ2n) is 4.75. The molecular weight excluding hydrogens is 304 g/mol. The normalized spacial score (nSPS) is 10.4. The molecular formula is C17H17F2NO3. The van der Waals surface area contributed by atoms with Crippen LogP contribution in [0.2, 0.25) is 0 Å². The zero-order chi connectivity index (χ0) is 16.8. The zero-order valence-corrected chi connectivity index (χ0v) is 12.9. The van der Waals surface area contributed by atoms with Crippen LogP contribution in [0.1, 0.15) is 22.8 Å². The van der Waals surface area contributed by atoms with Gasteiger partial charge in [-0.25, -0.2) is 8.78 Å². The van der Waals surface area contributed by atoms with Crippen molar-refractivity contribution in [2.75, 3.05) is 19.0 Å². The van der Waals surface area contributed by atoms with Gasteiger partial charge in [-0.05, 0) is 37.3 Å². The molecule has 2 rings (SSSR count). The van der Waals surface area contributed by atoms with E-state index in [-0.39, 0.29) is 5.69 Å². The summed E-state index contributed by atoms with van der Waals surface area (Å²) in [6.45, 7) is 2.71. The van der Waals surface area contributed by atoms with Gasteiger partial charge < -0.3 is 14.8 Å². The van der Waals surface area contributed by atoms with Gasteiger partial charge in [0.15, 0.2) is 11.6 Å². The molecule has 0 saturated heterocycles. The Kier molecular flexibility index (Phi) is 5.65. The fraction of sp³-hybridized carbons (Fsp3) is 0.235. The Labute approximate surface area is 133 Å². The summed E-state index contributed by atoms with van der Waals surface area (Å²) >= 11 is 0. The number of methoxy groups -OCH3 is 1. The van der Waals surface area contributed by atoms with E-state index >= 15 is 0 Å². The lowest BCUT2D eigenvalue weighted by Crippen LogP contribution is -2.13. The fourth-order valence-electron chi connectivity index (χ4n) is 2.02. The van der Waals surface area contributed by atoms with Crippen molar-refractivity contribution >= 4 is 11.6 Å². The first-order valence-electron chi connectivity index (χ1n) is 7.06. The highest BCUT2D eigenvalue weighted by molar-refractivity contribution is 6.04. The molecule has 0 aliphatic rings. The molecule has 0 aliphatic heterocycles. The van der Waals surface area contributed by atoms with Crippen LogP contribution in [0.3, 0.4) is 0 Å². The molecule has 1 amide bonds. The molecule has 0 spiro atoms. The molecule has 0 aliphatic carbocycles. The lowest BCUT2D eigenvalue weighted by atomic mass is 10.1. The van der Waals surface area contributed by atoms with Crippen LogP contribution in [0, 0.1) is 11.6 Å². The van der Waals surface area contributed by atoms with Crippen molar-refractivity contribution in [3.05, 3.63) is 59.2 Å². The molecule has 0 unspecified atom stereocenters. The van der Waals surface area contributed by atoms with Gasteiger partial charge in [0, 0.05) is 29.5 Å². The Morgan fingerprint density at radius 3 is 2.57 bits per heavy atom. The molecule has 0 bridgehead atoms. The van der Waals surface area contributed by atoms with Crippen molar-refractivity contribution in [1.29, 1.82) is 0 Å². The summed E-state index contributed by atoms with van der Waals surface area (Å²) in [4.78, 5) is 12.2. The Balaban J connectivity index is 2.19. The number of carbonyl (C=O) groups is 1. The maximum Gasteiger partial charge on any atom is 0.255 e. The van der Waals surface area contributed by atoms with E-state index in [1.54, 1.807) is 18.2 Å². The van der Waals surface area contributed by atoms with E-state index in [1.807, 2.05) is 6.92 Å². The number of halogens is 2. The first kappa shape index (κ1) is 16.9. The Morgan fingerprint density at radius 1 is 1.13 bits per heavy atom. The van der Waals surface area contributed by atoms with Gasteiger partial charge in [-0.1, -0.05) is 0 Å². The number of ether oxygens (including phenoxy) is 2. The highest BCUT2D eigenvalue weighted by atomic mass is 19.2. The summed E-state index contributed by atoms with van der Waals surface area (Å²) in [5.74, 6) is -1.81. The van der Waals surface area contributed by atoms with Crippen molar-refractivity contribution in [2.24, 2.45) is 0 Å². The van der Waals surface area contributed by atoms with Crippen LogP contribution in [0.15, 0.2) is 36.4 Å². The fourth-order valence-corrected chi connectivity index (χ4v) is 2.02. The molecule has 0 saturated carbocycles. The standard InChI is InChI=1S/C17H17F2NO3/c1-3-23-10-12-8-11(4-7-16(12)22-2)17(21)20-13-5-6-14(18)15(19)9-13/h4-9H,3,10H2,1-2H3,(H,20,21). The first-order valence-corrected chi connectivity index (χ1v) is 7.06. The monoisotopic (exact) mass is 321 g/mol. The van der Waals surface area contributed by atoms with Gasteiger partial charge in [0.2, 0.25) is 0 Å². The summed E-state index contributed by atoms with van der Waals surface area (Å²) in [5.41, 5.74) is 1.27. The predicted octanol–water partition coefficient (Wildman–Crippen LogP) is 3.76. The smallest absolute Gasteiger partial charge is 0.255 e. The van der Waals surface area contributed by atoms with Crippen LogP contribution < -0.4 is 10.1 Å². The molecule has 2 aromatic rings. The van der Waals surface area contributed by atoms with Crippen LogP contribution in [0.25, 0.3) is 0 Å². The van der Waals surface area contributed by atoms with Gasteiger partial charge >= 0.3 is 0 Å². The number of benzene rings is 2. The summed E-state index contributed by atoms with van der Waals surface area (Å²) in [6.07, 6.45) is 0. The molecule has 2 aromatic carbocycles. The summed E-state index contributed by atoms with van der Waals surface area (Å²) in [6, 6.07) is 8.07. The molecule has 0 radical (unpaired) electrons. The van der Waals surface area contributed by atoms with E-state index in [9.17, 15) is 13.6 Å². The van der Waals surface area contributed by atoms with Gasteiger partial charge in [-0.3, -0.25) is 4.79 Å². The van der Waals surface area contributed by atoms with Crippen LogP contribution in [-0.2, 0) is 11.3 Å². The quantitative estimate of drug-likeness (QED) is 0.881. The van der Waals surface area contributed by atoms with Crippen LogP contribution >= 0.6 is 0 Å². The predicted molar refractivity (Wildman–Crippen MR) is 82.6 cm³/mol. The summed E-state index contributed by atoms with van der Waals surface area (Å²) in [5, 5.41) is 2.52. The van der Waals surface area contributed by atoms with Crippen LogP contribution in [0.4, 0.5) is 14.5 Å². The number of rotatable bonds is 6. The Hall–Kier alpha value is -2.47. The summed E-state index contributed by atoms with van der Waals surface area (Å²) in [7, 11) is 1.53. The van der Waals surface area contributed by atoms with Crippen molar-refractivity contribution in [1.82, 2.24) is 0 Å². The molecule has 0 atom stereocenters. The average molecular weight is 321 g/mol. The van der Waals surface area contributed by atoms with E-state index in [0.29, 0.717) is 24.5 Å². The number of anilines is 1. The van der Waals surface area contributed by atoms with Crippen molar-refractivity contribution in [3.8, 4) is 5.75 Å². The molecule has 0 fully saturated rings. The second kappa shape index (κ2) is 7.69. The lowest BCUT2D eigenvalue weighted by molar-refractivity contribution is 0.102. The first-order chi connectivity index (χ1) is 11.0. The van der Waals surface area contributed by atoms with Crippen LogP contribution in [-0.4, -0.2) is 19.6 Å². The third kappa shape index (κ3) is 4.26. The van der Waals surface area contributed by atoms with Gasteiger partial charge in [0.25, 0.3) is 5.91 Å². The van der Waals surface area contributed by atoms with Gasteiger partial charge in [-0.2, -0.15) is 0 Å². The summed E-state index contributed by atoms with van der Waals surface area (Å²) < 4.78 is 36.6. The van der Waals surface area contributed by atoms with Gasteiger partial charge in [0.05, 0.1) is 13.7 Å². The largest absolute Gasteiger partial charge is 0.496 e. The minimum absolute atomic E-state index is 0.177. The van der Waals surface area contributed by atoms with E-state index in [1.165, 1.54) is 13.2 Å². The van der Waals surface area contributed by atoms with Gasteiger partial charge in [-0.15, -0.1) is 0 Å². The number of carbonyl (C=O) groups excluding carboxylic acids is 1. The highest BCUT2D eigenvalue weighted by Crippen LogP contribution is 2.22. The molecule has 0 heterocycles. The van der Waals surface area contributed by atoms with Gasteiger partial charge in [0.1, 0.15) is 5.75 Å². The second-order valence-corrected chi connectivity index (χ2v) is 4.75. The molecule has 4 nitrogen and oxygen atoms in total. The lowest BCUT2D eigenvalue weighted by Gasteiger charge is -2.11. The third-order valence-corrected chi connectivity index (χ3v) is 3.18. The molecule has 23 heavy (non-hydrogen) atoms. The van der Waals surface area contributed by atoms with Crippen molar-refractivity contribution in [2.45, 2.75) is 13.5 Å². The van der Waals surface area contributed by atoms with Crippen molar-refractivity contribution in [3.63, 3.8) is 0 Å². The van der Waals surface area contributed by atoms with E-state index in [4.69, 9.17) is 9.47 Å². The average Bonchev–Trinajstić information content (AvgIpc) is 2.56. The SMILES string of the molecule is CCOCc1cc(C(=O)Nc2ccc(F)c(F)c2)ccc1OC. The van der Waals surface area contributed by atoms with E-state index in [2.05, 4.69) is 5.32 Å². The minimum Gasteiger partial charge on any atom is -0.496 e. The number of nitrogens with one attached hydrogen (secondary N) is 1. The maximum atomic E-state index is 13.2. The number of hydrogen-bond acceptors (Lipinski definition) is 3. The number of amides is 1. The highest BCUT2D eigenvalue weighted by Gasteiger charge is 2.12. The maximum absolute atomic E-state index is 13.2. The van der Waals surface area contributed by atoms with E-state index < -0.39 is 17.5 Å². The van der Waals surface area contributed by atoms with E-state index in [0.717, 1.165) is 17.7 Å². The molecule has 1 N–H and O–H groups in total. The molecule has 122 valence electrons. The third-order valence-electron chi connectivity index (χ3n) is 3.18.